The summed E-state index contributed by atoms with van der Waals surface area (Å²) in [4.78, 5) is 3.79. The predicted octanol–water partition coefficient (Wildman–Crippen LogP) is 0.462. The van der Waals surface area contributed by atoms with E-state index in [1.807, 2.05) is 0 Å². The van der Waals surface area contributed by atoms with E-state index in [1.165, 1.54) is 0 Å². The van der Waals surface area contributed by atoms with Crippen LogP contribution in [-0.4, -0.2) is 30.3 Å². The molecule has 0 heterocycles. The summed E-state index contributed by atoms with van der Waals surface area (Å²) in [6.45, 7) is 2.75. The molecule has 1 fully saturated rings. The molecule has 0 atom stereocenters. The Kier molecular flexibility index (Phi) is 3.75. The fourth-order valence-electron chi connectivity index (χ4n) is 1.81. The van der Waals surface area contributed by atoms with E-state index in [0.717, 1.165) is 31.6 Å². The molecule has 0 aromatic rings. The molecule has 82 valence electrons. The Hall–Kier alpha value is -0.770. The Balaban J connectivity index is 2.35. The van der Waals surface area contributed by atoms with Gasteiger partial charge < -0.3 is 16.2 Å². The molecule has 0 bridgehead atoms. The highest BCUT2D eigenvalue weighted by atomic mass is 16.3. The molecule has 0 radical (unpaired) electrons. The summed E-state index contributed by atoms with van der Waals surface area (Å²) in [6, 6.07) is 0. The number of nitrogens with two attached hydrogens (primary N) is 1. The molecule has 4 heteroatoms. The minimum atomic E-state index is -0.582. The van der Waals surface area contributed by atoms with E-state index in [1.54, 1.807) is 7.05 Å². The van der Waals surface area contributed by atoms with Crippen molar-refractivity contribution in [2.45, 2.75) is 38.2 Å². The Morgan fingerprint density at radius 2 is 2.14 bits per heavy atom. The van der Waals surface area contributed by atoms with Gasteiger partial charge in [-0.05, 0) is 31.6 Å². The highest BCUT2D eigenvalue weighted by molar-refractivity contribution is 5.77. The van der Waals surface area contributed by atoms with Gasteiger partial charge in [0.15, 0.2) is 5.96 Å². The summed E-state index contributed by atoms with van der Waals surface area (Å²) >= 11 is 0. The summed E-state index contributed by atoms with van der Waals surface area (Å²) in [5.74, 6) is 1.14. The zero-order valence-corrected chi connectivity index (χ0v) is 9.08. The van der Waals surface area contributed by atoms with Crippen LogP contribution in [-0.2, 0) is 0 Å². The summed E-state index contributed by atoms with van der Waals surface area (Å²) in [6.07, 6.45) is 3.92. The van der Waals surface area contributed by atoms with Gasteiger partial charge in [-0.2, -0.15) is 0 Å². The van der Waals surface area contributed by atoms with Crippen molar-refractivity contribution in [1.82, 2.24) is 5.32 Å². The minimum Gasteiger partial charge on any atom is -0.388 e. The van der Waals surface area contributed by atoms with Gasteiger partial charge in [-0.15, -0.1) is 0 Å². The molecular weight excluding hydrogens is 178 g/mol. The number of nitrogens with one attached hydrogen (secondary N) is 1. The van der Waals surface area contributed by atoms with Crippen molar-refractivity contribution in [3.63, 3.8) is 0 Å². The number of rotatable bonds is 2. The lowest BCUT2D eigenvalue weighted by Crippen LogP contribution is -2.47. The van der Waals surface area contributed by atoms with Gasteiger partial charge in [0.25, 0.3) is 0 Å². The van der Waals surface area contributed by atoms with Crippen molar-refractivity contribution in [1.29, 1.82) is 0 Å². The van der Waals surface area contributed by atoms with Crippen LogP contribution in [0.3, 0.4) is 0 Å². The first-order valence-corrected chi connectivity index (χ1v) is 5.24. The fraction of sp³-hybridized carbons (Fsp3) is 0.900. The van der Waals surface area contributed by atoms with E-state index in [9.17, 15) is 5.11 Å². The van der Waals surface area contributed by atoms with Crippen LogP contribution < -0.4 is 11.1 Å². The lowest BCUT2D eigenvalue weighted by Gasteiger charge is -2.35. The second-order valence-corrected chi connectivity index (χ2v) is 4.37. The molecule has 4 nitrogen and oxygen atoms in total. The maximum absolute atomic E-state index is 10.2. The van der Waals surface area contributed by atoms with Crippen molar-refractivity contribution in [2.24, 2.45) is 16.6 Å². The lowest BCUT2D eigenvalue weighted by atomic mass is 9.79. The number of hydrogen-bond donors (Lipinski definition) is 3. The molecule has 1 aliphatic carbocycles. The van der Waals surface area contributed by atoms with Crippen LogP contribution >= 0.6 is 0 Å². The van der Waals surface area contributed by atoms with Gasteiger partial charge in [-0.25, -0.2) is 0 Å². The quantitative estimate of drug-likeness (QED) is 0.447. The molecular formula is C10H21N3O. The third-order valence-corrected chi connectivity index (χ3v) is 3.04. The van der Waals surface area contributed by atoms with Crippen LogP contribution in [0.1, 0.15) is 32.6 Å². The van der Waals surface area contributed by atoms with E-state index in [-0.39, 0.29) is 0 Å². The Labute approximate surface area is 85.6 Å². The van der Waals surface area contributed by atoms with Gasteiger partial charge in [0.05, 0.1) is 5.60 Å². The first-order chi connectivity index (χ1) is 6.56. The number of nitrogens with zero attached hydrogens (tertiary/aromatic N) is 1. The van der Waals surface area contributed by atoms with Gasteiger partial charge >= 0.3 is 0 Å². The molecule has 0 unspecified atom stereocenters. The van der Waals surface area contributed by atoms with Crippen LogP contribution in [0.5, 0.6) is 0 Å². The average Bonchev–Trinajstić information content (AvgIpc) is 2.20. The first kappa shape index (κ1) is 11.3. The van der Waals surface area contributed by atoms with Crippen molar-refractivity contribution >= 4 is 5.96 Å². The lowest BCUT2D eigenvalue weighted by molar-refractivity contribution is -0.00253. The standard InChI is InChI=1S/C10H21N3O/c1-8-3-5-10(14,6-4-8)7-13-9(11)12-2/h8,14H,3-7H2,1-2H3,(H3,11,12,13). The monoisotopic (exact) mass is 199 g/mol. The van der Waals surface area contributed by atoms with E-state index < -0.39 is 5.60 Å². The topological polar surface area (TPSA) is 70.6 Å². The van der Waals surface area contributed by atoms with Crippen LogP contribution in [0.15, 0.2) is 4.99 Å². The third kappa shape index (κ3) is 3.18. The fourth-order valence-corrected chi connectivity index (χ4v) is 1.81. The molecule has 14 heavy (non-hydrogen) atoms. The van der Waals surface area contributed by atoms with Crippen molar-refractivity contribution in [2.75, 3.05) is 13.6 Å². The van der Waals surface area contributed by atoms with E-state index >= 15 is 0 Å². The highest BCUT2D eigenvalue weighted by Crippen LogP contribution is 2.31. The second-order valence-electron chi connectivity index (χ2n) is 4.37. The van der Waals surface area contributed by atoms with Crippen molar-refractivity contribution in [3.05, 3.63) is 0 Å². The van der Waals surface area contributed by atoms with Gasteiger partial charge in [-0.3, -0.25) is 4.99 Å². The van der Waals surface area contributed by atoms with Crippen molar-refractivity contribution < 1.29 is 5.11 Å². The van der Waals surface area contributed by atoms with Crippen molar-refractivity contribution in [3.8, 4) is 0 Å². The molecule has 0 aliphatic heterocycles. The third-order valence-electron chi connectivity index (χ3n) is 3.04. The number of guanidine groups is 1. The zero-order chi connectivity index (χ0) is 10.6. The Bertz CT molecular complexity index is 207. The van der Waals surface area contributed by atoms with Gasteiger partial charge in [-0.1, -0.05) is 6.92 Å². The van der Waals surface area contributed by atoms with E-state index in [4.69, 9.17) is 5.73 Å². The summed E-state index contributed by atoms with van der Waals surface area (Å²) in [5.41, 5.74) is 4.92. The van der Waals surface area contributed by atoms with Gasteiger partial charge in [0, 0.05) is 13.6 Å². The predicted molar refractivity (Wildman–Crippen MR) is 58.1 cm³/mol. The van der Waals surface area contributed by atoms with Crippen LogP contribution in [0, 0.1) is 5.92 Å². The smallest absolute Gasteiger partial charge is 0.188 e. The molecule has 0 amide bonds. The molecule has 0 aromatic carbocycles. The van der Waals surface area contributed by atoms with E-state index in [0.29, 0.717) is 12.5 Å². The molecule has 0 saturated heterocycles. The first-order valence-electron chi connectivity index (χ1n) is 5.24. The van der Waals surface area contributed by atoms with Crippen LogP contribution in [0.4, 0.5) is 0 Å². The summed E-state index contributed by atoms with van der Waals surface area (Å²) in [7, 11) is 1.63. The second kappa shape index (κ2) is 4.64. The largest absolute Gasteiger partial charge is 0.388 e. The van der Waals surface area contributed by atoms with Gasteiger partial charge in [0.2, 0.25) is 0 Å². The maximum atomic E-state index is 10.2. The Morgan fingerprint density at radius 1 is 1.57 bits per heavy atom. The molecule has 1 saturated carbocycles. The molecule has 0 spiro atoms. The molecule has 4 N–H and O–H groups in total. The van der Waals surface area contributed by atoms with E-state index in [2.05, 4.69) is 17.2 Å². The average molecular weight is 199 g/mol. The molecule has 1 rings (SSSR count). The maximum Gasteiger partial charge on any atom is 0.188 e. The van der Waals surface area contributed by atoms with Crippen LogP contribution in [0.25, 0.3) is 0 Å². The Morgan fingerprint density at radius 3 is 2.64 bits per heavy atom. The summed E-state index contributed by atoms with van der Waals surface area (Å²) in [5, 5.41) is 13.1. The van der Waals surface area contributed by atoms with Crippen LogP contribution in [0.2, 0.25) is 0 Å². The highest BCUT2D eigenvalue weighted by Gasteiger charge is 2.31. The summed E-state index contributed by atoms with van der Waals surface area (Å²) < 4.78 is 0. The molecule has 1 aliphatic rings. The number of aliphatic hydroxyl groups is 1. The molecule has 0 aromatic heterocycles. The normalized spacial score (nSPS) is 34.2. The minimum absolute atomic E-state index is 0.400. The zero-order valence-electron chi connectivity index (χ0n) is 9.08. The number of aliphatic imine (C=N–C) groups is 1. The SMILES string of the molecule is CN=C(N)NCC1(O)CCC(C)CC1. The van der Waals surface area contributed by atoms with Gasteiger partial charge in [0.1, 0.15) is 0 Å². The number of hydrogen-bond acceptors (Lipinski definition) is 2.